The number of hydrogen-bond acceptors (Lipinski definition) is 10. The molecule has 0 bridgehead atoms. The van der Waals surface area contributed by atoms with E-state index in [1.54, 1.807) is 42.1 Å². The maximum Gasteiger partial charge on any atom is 0.256 e. The molecular formula is C43H39N7O6S. The summed E-state index contributed by atoms with van der Waals surface area (Å²) < 4.78 is 14.2. The molecule has 0 unspecified atom stereocenters. The van der Waals surface area contributed by atoms with E-state index >= 15 is 0 Å². The van der Waals surface area contributed by atoms with Crippen molar-refractivity contribution in [3.63, 3.8) is 0 Å². The number of fused-ring (bicyclic) bond motifs is 3. The Kier molecular flexibility index (Phi) is 10.6. The van der Waals surface area contributed by atoms with E-state index < -0.39 is 0 Å². The van der Waals surface area contributed by atoms with Crippen LogP contribution in [-0.2, 0) is 31.3 Å². The van der Waals surface area contributed by atoms with Crippen LogP contribution in [0, 0.1) is 0 Å². The fraction of sp³-hybridized carbons (Fsp3) is 0.233. The van der Waals surface area contributed by atoms with E-state index in [1.165, 1.54) is 18.4 Å². The van der Waals surface area contributed by atoms with Crippen LogP contribution < -0.4 is 20.1 Å². The molecule has 0 aliphatic carbocycles. The maximum absolute atomic E-state index is 13.4. The first-order valence-corrected chi connectivity index (χ1v) is 19.4. The minimum absolute atomic E-state index is 0.00863. The van der Waals surface area contributed by atoms with Crippen molar-refractivity contribution in [2.75, 3.05) is 24.3 Å². The number of nitrogens with one attached hydrogen (secondary N) is 2. The molecule has 4 aromatic carbocycles. The number of methoxy groups -OCH3 is 1. The second kappa shape index (κ2) is 16.2. The van der Waals surface area contributed by atoms with Gasteiger partial charge in [0.25, 0.3) is 11.8 Å². The number of amides is 3. The molecule has 0 spiro atoms. The Morgan fingerprint density at radius 3 is 2.58 bits per heavy atom. The summed E-state index contributed by atoms with van der Waals surface area (Å²) in [4.78, 5) is 68.2. The van der Waals surface area contributed by atoms with Crippen molar-refractivity contribution in [3.8, 4) is 11.5 Å². The number of benzene rings is 4. The number of aliphatic imine (C=N–C) groups is 1. The molecule has 2 aromatic heterocycles. The number of anilines is 2. The third-order valence-electron chi connectivity index (χ3n) is 9.89. The summed E-state index contributed by atoms with van der Waals surface area (Å²) in [6, 6.07) is 25.4. The van der Waals surface area contributed by atoms with E-state index in [0.717, 1.165) is 35.1 Å². The van der Waals surface area contributed by atoms with Crippen molar-refractivity contribution < 1.29 is 28.7 Å². The standard InChI is InChI=1S/C43H39N7O6S/c1-49-24-38(48-41(49)34(51)22-40-46-33-19-28(14-15-37(33)57-40)42(53)45-29-11-4-3-5-12-29)47-39(52)18-26-9-8-10-27(17-26)25-56-36-21-32-31(20-35(36)55-2)43(54)50-16-7-6-13-30(50)23-44-32/h3-5,8-12,14-15,17,19-21,23-24,30H,6-7,13,16,18,22,25H2,1-2H3,(H,45,53)(H,47,52)/t30-/m0/s1. The number of ether oxygens (including phenoxy) is 2. The zero-order valence-electron chi connectivity index (χ0n) is 31.4. The number of ketones is 1. The van der Waals surface area contributed by atoms with Gasteiger partial charge in [-0.15, -0.1) is 11.3 Å². The lowest BCUT2D eigenvalue weighted by Crippen LogP contribution is -2.43. The third kappa shape index (κ3) is 8.31. The topological polar surface area (TPSA) is 157 Å². The van der Waals surface area contributed by atoms with Gasteiger partial charge in [0.15, 0.2) is 23.1 Å². The predicted molar refractivity (Wildman–Crippen MR) is 218 cm³/mol. The van der Waals surface area contributed by atoms with Crippen LogP contribution in [0.25, 0.3) is 10.2 Å². The monoisotopic (exact) mass is 781 g/mol. The lowest BCUT2D eigenvalue weighted by atomic mass is 10.0. The molecule has 1 fully saturated rings. The van der Waals surface area contributed by atoms with E-state index in [4.69, 9.17) is 9.47 Å². The summed E-state index contributed by atoms with van der Waals surface area (Å²) in [5.74, 6) is 0.496. The average Bonchev–Trinajstić information content (AvgIpc) is 3.76. The fourth-order valence-corrected chi connectivity index (χ4v) is 8.01. The smallest absolute Gasteiger partial charge is 0.256 e. The van der Waals surface area contributed by atoms with Gasteiger partial charge in [-0.1, -0.05) is 42.5 Å². The summed E-state index contributed by atoms with van der Waals surface area (Å²) in [6.07, 6.45) is 6.48. The van der Waals surface area contributed by atoms with Crippen molar-refractivity contribution in [1.29, 1.82) is 0 Å². The highest BCUT2D eigenvalue weighted by molar-refractivity contribution is 7.18. The Bertz CT molecular complexity index is 2550. The molecule has 4 heterocycles. The van der Waals surface area contributed by atoms with Crippen LogP contribution in [0.1, 0.15) is 66.7 Å². The second-order valence-corrected chi connectivity index (χ2v) is 15.1. The van der Waals surface area contributed by atoms with Gasteiger partial charge in [-0.2, -0.15) is 0 Å². The number of rotatable bonds is 12. The largest absolute Gasteiger partial charge is 0.493 e. The summed E-state index contributed by atoms with van der Waals surface area (Å²) in [5, 5.41) is 6.27. The predicted octanol–water partition coefficient (Wildman–Crippen LogP) is 7.19. The van der Waals surface area contributed by atoms with Crippen molar-refractivity contribution in [2.45, 2.75) is 44.8 Å². The second-order valence-electron chi connectivity index (χ2n) is 14.0. The third-order valence-corrected chi connectivity index (χ3v) is 10.9. The van der Waals surface area contributed by atoms with Crippen LogP contribution in [0.15, 0.2) is 96.1 Å². The van der Waals surface area contributed by atoms with E-state index in [0.29, 0.717) is 51.1 Å². The summed E-state index contributed by atoms with van der Waals surface area (Å²) >= 11 is 1.38. The molecule has 13 nitrogen and oxygen atoms in total. The Labute approximate surface area is 332 Å². The maximum atomic E-state index is 13.4. The molecule has 2 aliphatic heterocycles. The first kappa shape index (κ1) is 37.3. The van der Waals surface area contributed by atoms with Crippen molar-refractivity contribution in [2.24, 2.45) is 12.0 Å². The molecule has 8 rings (SSSR count). The Balaban J connectivity index is 0.874. The number of Topliss-reactive ketones (excluding diaryl/α,β-unsaturated/α-hetero) is 1. The number of aryl methyl sites for hydroxylation is 1. The molecule has 2 N–H and O–H groups in total. The number of hydrogen-bond donors (Lipinski definition) is 2. The van der Waals surface area contributed by atoms with E-state index in [1.807, 2.05) is 71.8 Å². The van der Waals surface area contributed by atoms with Crippen LogP contribution >= 0.6 is 11.3 Å². The molecule has 1 atom stereocenters. The Morgan fingerprint density at radius 2 is 1.74 bits per heavy atom. The highest BCUT2D eigenvalue weighted by Gasteiger charge is 2.31. The molecule has 6 aromatic rings. The van der Waals surface area contributed by atoms with Gasteiger partial charge in [-0.3, -0.25) is 24.2 Å². The molecule has 1 saturated heterocycles. The van der Waals surface area contributed by atoms with Crippen LogP contribution in [0.2, 0.25) is 0 Å². The minimum Gasteiger partial charge on any atom is -0.493 e. The van der Waals surface area contributed by atoms with Gasteiger partial charge >= 0.3 is 0 Å². The SMILES string of the molecule is COc1cc2c(cc1OCc1cccc(CC(=O)Nc3cn(C)c(C(=O)Cc4nc5cc(C(=O)Nc6ccccc6)ccc5s4)n3)c1)N=C[C@@H]1CCCCN1C2=O. The number of thiazole rings is 1. The number of carbonyl (C=O) groups is 4. The lowest BCUT2D eigenvalue weighted by Gasteiger charge is -2.32. The van der Waals surface area contributed by atoms with Gasteiger partial charge in [0, 0.05) is 43.3 Å². The van der Waals surface area contributed by atoms with Gasteiger partial charge in [-0.05, 0) is 66.8 Å². The molecule has 0 radical (unpaired) electrons. The summed E-state index contributed by atoms with van der Waals surface area (Å²) in [7, 11) is 3.24. The Morgan fingerprint density at radius 1 is 0.895 bits per heavy atom. The number of imidazole rings is 1. The highest BCUT2D eigenvalue weighted by Crippen LogP contribution is 2.38. The number of carbonyl (C=O) groups excluding carboxylic acids is 4. The summed E-state index contributed by atoms with van der Waals surface area (Å²) in [6.45, 7) is 0.905. The Hall–Kier alpha value is -6.67. The van der Waals surface area contributed by atoms with Gasteiger partial charge in [0.2, 0.25) is 11.7 Å². The minimum atomic E-state index is -0.297. The van der Waals surface area contributed by atoms with Crippen molar-refractivity contribution >= 4 is 68.5 Å². The van der Waals surface area contributed by atoms with Gasteiger partial charge in [-0.25, -0.2) is 9.97 Å². The zero-order chi connectivity index (χ0) is 39.5. The highest BCUT2D eigenvalue weighted by atomic mass is 32.1. The van der Waals surface area contributed by atoms with Crippen molar-refractivity contribution in [3.05, 3.63) is 124 Å². The number of piperidine rings is 1. The molecule has 14 heteroatoms. The van der Waals surface area contributed by atoms with E-state index in [2.05, 4.69) is 25.6 Å². The van der Waals surface area contributed by atoms with Crippen LogP contribution in [0.3, 0.4) is 0 Å². The normalized spacial score (nSPS) is 14.7. The first-order valence-electron chi connectivity index (χ1n) is 18.6. The molecule has 57 heavy (non-hydrogen) atoms. The average molecular weight is 782 g/mol. The van der Waals surface area contributed by atoms with Crippen LogP contribution in [0.5, 0.6) is 11.5 Å². The molecule has 2 aliphatic rings. The first-order chi connectivity index (χ1) is 27.7. The molecule has 3 amide bonds. The van der Waals surface area contributed by atoms with E-state index in [9.17, 15) is 19.2 Å². The number of para-hydroxylation sites is 1. The molecule has 0 saturated carbocycles. The van der Waals surface area contributed by atoms with Crippen molar-refractivity contribution in [1.82, 2.24) is 19.4 Å². The van der Waals surface area contributed by atoms with Crippen LogP contribution in [-0.4, -0.2) is 68.9 Å². The number of aromatic nitrogens is 3. The molecule has 288 valence electrons. The van der Waals surface area contributed by atoms with E-state index in [-0.39, 0.29) is 60.6 Å². The van der Waals surface area contributed by atoms with Crippen LogP contribution in [0.4, 0.5) is 17.2 Å². The molecular weight excluding hydrogens is 743 g/mol. The quantitative estimate of drug-likeness (QED) is 0.124. The number of nitrogens with zero attached hydrogens (tertiary/aromatic N) is 5. The fourth-order valence-electron chi connectivity index (χ4n) is 7.07. The van der Waals surface area contributed by atoms with Gasteiger partial charge in [0.1, 0.15) is 11.6 Å². The zero-order valence-corrected chi connectivity index (χ0v) is 32.2. The van der Waals surface area contributed by atoms with Gasteiger partial charge < -0.3 is 29.6 Å². The lowest BCUT2D eigenvalue weighted by molar-refractivity contribution is -0.115. The summed E-state index contributed by atoms with van der Waals surface area (Å²) in [5.41, 5.74) is 4.42. The van der Waals surface area contributed by atoms with Gasteiger partial charge in [0.05, 0.1) is 47.5 Å².